The SMILES string of the molecule is CCNCCN(O)CC.[O]=[Ti][OH]. The normalized spacial score (nSPS) is 8.75. The van der Waals surface area contributed by atoms with E-state index in [9.17, 15) is 0 Å². The fraction of sp³-hybridized carbons (Fsp3) is 1.00. The monoisotopic (exact) mass is 213 g/mol. The molecule has 0 aliphatic carbocycles. The van der Waals surface area contributed by atoms with Gasteiger partial charge in [0.1, 0.15) is 0 Å². The average Bonchev–Trinajstić information content (AvgIpc) is 2.06. The Balaban J connectivity index is 0. The molecule has 0 heterocycles. The van der Waals surface area contributed by atoms with E-state index in [0.717, 1.165) is 13.1 Å². The van der Waals surface area contributed by atoms with Crippen molar-refractivity contribution in [2.75, 3.05) is 26.2 Å². The number of nitrogens with zero attached hydrogens (tertiary/aromatic N) is 1. The summed E-state index contributed by atoms with van der Waals surface area (Å²) < 4.78 is 15.8. The Morgan fingerprint density at radius 2 is 2.00 bits per heavy atom. The van der Waals surface area contributed by atoms with E-state index >= 15 is 0 Å². The zero-order valence-electron chi connectivity index (χ0n) is 7.58. The van der Waals surface area contributed by atoms with Crippen molar-refractivity contribution in [3.05, 3.63) is 0 Å². The van der Waals surface area contributed by atoms with Gasteiger partial charge in [0.15, 0.2) is 0 Å². The van der Waals surface area contributed by atoms with Gasteiger partial charge in [-0.15, -0.1) is 0 Å². The first-order valence-electron chi connectivity index (χ1n) is 3.88. The van der Waals surface area contributed by atoms with Gasteiger partial charge < -0.3 is 10.5 Å². The maximum atomic E-state index is 8.88. The van der Waals surface area contributed by atoms with Gasteiger partial charge in [0.25, 0.3) is 0 Å². The van der Waals surface area contributed by atoms with Gasteiger partial charge in [0.2, 0.25) is 0 Å². The van der Waals surface area contributed by atoms with Crippen LogP contribution in [0.3, 0.4) is 0 Å². The van der Waals surface area contributed by atoms with Crippen LogP contribution in [0.25, 0.3) is 0 Å². The molecule has 6 heteroatoms. The van der Waals surface area contributed by atoms with Crippen molar-refractivity contribution in [1.29, 1.82) is 0 Å². The van der Waals surface area contributed by atoms with E-state index in [-0.39, 0.29) is 0 Å². The van der Waals surface area contributed by atoms with Crippen LogP contribution in [0.15, 0.2) is 0 Å². The summed E-state index contributed by atoms with van der Waals surface area (Å²) in [6, 6.07) is 0. The minimum atomic E-state index is -1.75. The van der Waals surface area contributed by atoms with Crippen LogP contribution in [0.5, 0.6) is 0 Å². The van der Waals surface area contributed by atoms with Gasteiger partial charge in [0.05, 0.1) is 0 Å². The van der Waals surface area contributed by atoms with Crippen molar-refractivity contribution in [3.63, 3.8) is 0 Å². The molecule has 0 aromatic carbocycles. The van der Waals surface area contributed by atoms with Crippen LogP contribution in [0.1, 0.15) is 13.8 Å². The van der Waals surface area contributed by atoms with Gasteiger partial charge in [-0.2, -0.15) is 5.06 Å². The van der Waals surface area contributed by atoms with Crippen molar-refractivity contribution in [1.82, 2.24) is 10.4 Å². The second-order valence-electron chi connectivity index (χ2n) is 1.99. The van der Waals surface area contributed by atoms with Crippen LogP contribution in [-0.2, 0) is 22.8 Å². The van der Waals surface area contributed by atoms with E-state index in [1.807, 2.05) is 13.8 Å². The molecule has 0 fully saturated rings. The summed E-state index contributed by atoms with van der Waals surface area (Å²) in [5.74, 6) is 0. The van der Waals surface area contributed by atoms with Gasteiger partial charge >= 0.3 is 26.5 Å². The van der Waals surface area contributed by atoms with E-state index in [4.69, 9.17) is 12.2 Å². The molecule has 12 heavy (non-hydrogen) atoms. The van der Waals surface area contributed by atoms with Gasteiger partial charge in [-0.1, -0.05) is 13.8 Å². The molecular formula is C6H17N2O3Ti. The molecule has 0 atom stereocenters. The molecular weight excluding hydrogens is 196 g/mol. The Morgan fingerprint density at radius 3 is 2.33 bits per heavy atom. The van der Waals surface area contributed by atoms with Crippen LogP contribution in [-0.4, -0.2) is 40.1 Å². The maximum absolute atomic E-state index is 8.88. The second-order valence-corrected chi connectivity index (χ2v) is 2.28. The molecule has 0 amide bonds. The van der Waals surface area contributed by atoms with E-state index in [0.29, 0.717) is 13.1 Å². The van der Waals surface area contributed by atoms with E-state index < -0.39 is 19.5 Å². The van der Waals surface area contributed by atoms with Crippen LogP contribution >= 0.6 is 0 Å². The summed E-state index contributed by atoms with van der Waals surface area (Å²) in [5.41, 5.74) is 0. The molecule has 0 aliphatic rings. The molecule has 0 saturated heterocycles. The van der Waals surface area contributed by atoms with Crippen molar-refractivity contribution in [2.45, 2.75) is 13.8 Å². The Bertz CT molecular complexity index is 94.9. The average molecular weight is 213 g/mol. The molecule has 0 saturated carbocycles. The molecule has 0 spiro atoms. The first kappa shape index (κ1) is 14.9. The Morgan fingerprint density at radius 1 is 1.50 bits per heavy atom. The minimum absolute atomic E-state index is 0.700. The summed E-state index contributed by atoms with van der Waals surface area (Å²) in [6.07, 6.45) is 0. The van der Waals surface area contributed by atoms with Crippen molar-refractivity contribution in [2.24, 2.45) is 0 Å². The van der Waals surface area contributed by atoms with Gasteiger partial charge in [-0.05, 0) is 6.54 Å². The van der Waals surface area contributed by atoms with E-state index in [1.54, 1.807) is 0 Å². The van der Waals surface area contributed by atoms with E-state index in [1.165, 1.54) is 5.06 Å². The number of hydrogen-bond acceptors (Lipinski definition) is 4. The topological polar surface area (TPSA) is 72.8 Å². The number of likely N-dealkylation sites (N-methyl/N-ethyl adjacent to an activating group) is 2. The molecule has 0 rings (SSSR count). The first-order valence-corrected chi connectivity index (χ1v) is 5.22. The third kappa shape index (κ3) is 16.8. The summed E-state index contributed by atoms with van der Waals surface area (Å²) >= 11 is -1.75. The molecule has 0 aliphatic heterocycles. The van der Waals surface area contributed by atoms with Crippen molar-refractivity contribution < 1.29 is 31.7 Å². The summed E-state index contributed by atoms with van der Waals surface area (Å²) in [7, 11) is 0. The van der Waals surface area contributed by atoms with Gasteiger partial charge in [-0.3, -0.25) is 0 Å². The molecule has 0 aromatic rings. The number of hydrogen-bond donors (Lipinski definition) is 3. The quantitative estimate of drug-likeness (QED) is 0.330. The molecule has 5 nitrogen and oxygen atoms in total. The summed E-state index contributed by atoms with van der Waals surface area (Å²) in [4.78, 5) is 0. The van der Waals surface area contributed by atoms with Crippen molar-refractivity contribution >= 4 is 0 Å². The van der Waals surface area contributed by atoms with Gasteiger partial charge in [0, 0.05) is 19.6 Å². The molecule has 0 radical (unpaired) electrons. The van der Waals surface area contributed by atoms with Crippen LogP contribution in [0, 0.1) is 0 Å². The van der Waals surface area contributed by atoms with Crippen molar-refractivity contribution in [3.8, 4) is 0 Å². The Labute approximate surface area is 82.4 Å². The predicted molar refractivity (Wildman–Crippen MR) is 40.5 cm³/mol. The summed E-state index contributed by atoms with van der Waals surface area (Å²) in [5, 5.41) is 13.3. The fourth-order valence-corrected chi connectivity index (χ4v) is 0.543. The van der Waals surface area contributed by atoms with Crippen LogP contribution in [0.4, 0.5) is 0 Å². The fourth-order valence-electron chi connectivity index (χ4n) is 0.543. The standard InChI is InChI=1S/C6H16N2O.H2O.O.Ti/c1-3-7-5-6-8(9)4-2;;;/h7,9H,3-6H2,1-2H3;1H2;;/q;;;+1/p-1. The number of nitrogens with one attached hydrogen (secondary N) is 1. The Hall–Kier alpha value is 0.354. The molecule has 0 bridgehead atoms. The van der Waals surface area contributed by atoms with Gasteiger partial charge in [-0.25, -0.2) is 0 Å². The molecule has 73 valence electrons. The summed E-state index contributed by atoms with van der Waals surface area (Å²) in [6.45, 7) is 7.22. The number of rotatable bonds is 5. The molecule has 0 unspecified atom stereocenters. The van der Waals surface area contributed by atoms with E-state index in [2.05, 4.69) is 5.32 Å². The molecule has 3 N–H and O–H groups in total. The van der Waals surface area contributed by atoms with Crippen LogP contribution in [0.2, 0.25) is 0 Å². The third-order valence-corrected chi connectivity index (χ3v) is 1.16. The molecule has 0 aromatic heterocycles. The zero-order valence-corrected chi connectivity index (χ0v) is 9.14. The van der Waals surface area contributed by atoms with Crippen LogP contribution < -0.4 is 5.32 Å². The predicted octanol–water partition coefficient (Wildman–Crippen LogP) is -0.371. The zero-order chi connectivity index (χ0) is 9.82. The Kier molecular flexibility index (Phi) is 17.2. The second kappa shape index (κ2) is 13.9. The third-order valence-electron chi connectivity index (χ3n) is 1.16. The first-order chi connectivity index (χ1) is 5.72. The number of hydroxylamine groups is 2.